The Hall–Kier alpha value is 0.270. The minimum absolute atomic E-state index is 0.643. The van der Waals surface area contributed by atoms with Crippen molar-refractivity contribution in [2.45, 2.75) is 201 Å². The lowest BCUT2D eigenvalue weighted by Crippen LogP contribution is -2.48. The first-order chi connectivity index (χ1) is 22.3. The molecule has 7 aliphatic carbocycles. The SMILES string of the molecule is C1CCC(N2C3CCCCC3C3CC(C4CCC(C5CCCC6C7CCC8SC9CCCCC9C8C7OC56)CC4)CCC32)CC1. The second-order valence-electron chi connectivity index (χ2n) is 19.0. The molecule has 3 aliphatic heterocycles. The van der Waals surface area contributed by atoms with Crippen LogP contribution in [0.25, 0.3) is 0 Å². The second kappa shape index (κ2) is 12.5. The van der Waals surface area contributed by atoms with Gasteiger partial charge in [-0.15, -0.1) is 0 Å². The van der Waals surface area contributed by atoms with Crippen LogP contribution in [0.4, 0.5) is 0 Å². The van der Waals surface area contributed by atoms with Gasteiger partial charge >= 0.3 is 0 Å². The molecule has 0 N–H and O–H groups in total. The van der Waals surface area contributed by atoms with E-state index in [2.05, 4.69) is 16.7 Å². The standard InChI is InChI=1S/C42H67NOS/c1-2-9-29(10-3-1)43-36-15-6-4-11-31(36)35-25-28(21-23-37(35)43)26-17-19-27(20-18-26)30-13-8-14-32-33-22-24-39-40(42(33)44-41(30)32)34-12-5-7-16-38(34)45-39/h26-42H,1-25H2. The van der Waals surface area contributed by atoms with E-state index in [9.17, 15) is 0 Å². The van der Waals surface area contributed by atoms with Crippen molar-refractivity contribution in [1.82, 2.24) is 4.90 Å². The zero-order chi connectivity index (χ0) is 29.5. The largest absolute Gasteiger partial charge is 0.374 e. The average Bonchev–Trinajstić information content (AvgIpc) is 3.78. The third-order valence-corrected chi connectivity index (χ3v) is 19.3. The quantitative estimate of drug-likeness (QED) is 0.307. The van der Waals surface area contributed by atoms with Gasteiger partial charge in [-0.3, -0.25) is 4.90 Å². The van der Waals surface area contributed by atoms with Crippen LogP contribution < -0.4 is 0 Å². The lowest BCUT2D eigenvalue weighted by atomic mass is 9.60. The fourth-order valence-electron chi connectivity index (χ4n) is 15.8. The molecule has 2 nitrogen and oxygen atoms in total. The Labute approximate surface area is 281 Å². The average molecular weight is 634 g/mol. The molecule has 10 rings (SSSR count). The molecule has 14 atom stereocenters. The molecular formula is C42H67NOS. The Morgan fingerprint density at radius 2 is 1.07 bits per heavy atom. The van der Waals surface area contributed by atoms with Gasteiger partial charge in [0.2, 0.25) is 0 Å². The summed E-state index contributed by atoms with van der Waals surface area (Å²) in [5, 5.41) is 1.94. The monoisotopic (exact) mass is 633 g/mol. The van der Waals surface area contributed by atoms with Crippen molar-refractivity contribution < 1.29 is 4.74 Å². The van der Waals surface area contributed by atoms with Crippen LogP contribution in [0.5, 0.6) is 0 Å². The van der Waals surface area contributed by atoms with E-state index in [0.717, 1.165) is 87.8 Å². The number of hydrogen-bond donors (Lipinski definition) is 0. The molecular weight excluding hydrogens is 567 g/mol. The van der Waals surface area contributed by atoms with Gasteiger partial charge in [0.25, 0.3) is 0 Å². The van der Waals surface area contributed by atoms with Crippen LogP contribution in [-0.2, 0) is 4.74 Å². The Balaban J connectivity index is 0.790. The number of rotatable bonds is 3. The molecule has 0 amide bonds. The summed E-state index contributed by atoms with van der Waals surface area (Å²) < 4.78 is 7.48. The molecule has 14 unspecified atom stereocenters. The molecule has 45 heavy (non-hydrogen) atoms. The normalized spacial score (nSPS) is 55.2. The van der Waals surface area contributed by atoms with E-state index < -0.39 is 0 Å². The number of thioether (sulfide) groups is 1. The first-order valence-electron chi connectivity index (χ1n) is 21.4. The molecule has 3 heteroatoms. The summed E-state index contributed by atoms with van der Waals surface area (Å²) in [5.41, 5.74) is 0. The first-order valence-corrected chi connectivity index (χ1v) is 22.3. The highest BCUT2D eigenvalue weighted by Crippen LogP contribution is 2.62. The maximum absolute atomic E-state index is 7.48. The number of nitrogens with zero attached hydrogens (tertiary/aromatic N) is 1. The lowest BCUT2D eigenvalue weighted by Gasteiger charge is -2.46. The summed E-state index contributed by atoms with van der Waals surface area (Å²) in [6, 6.07) is 2.90. The van der Waals surface area contributed by atoms with Crippen molar-refractivity contribution in [2.24, 2.45) is 59.2 Å². The maximum atomic E-state index is 7.48. The molecule has 0 spiro atoms. The smallest absolute Gasteiger partial charge is 0.0652 e. The van der Waals surface area contributed by atoms with Gasteiger partial charge in [-0.25, -0.2) is 0 Å². The number of fused-ring (bicyclic) bond motifs is 10. The van der Waals surface area contributed by atoms with Gasteiger partial charge in [-0.05, 0) is 162 Å². The highest BCUT2D eigenvalue weighted by Gasteiger charge is 2.60. The topological polar surface area (TPSA) is 12.5 Å². The van der Waals surface area contributed by atoms with E-state index in [1.54, 1.807) is 57.8 Å². The van der Waals surface area contributed by atoms with Crippen LogP contribution in [0.1, 0.15) is 161 Å². The molecule has 3 saturated heterocycles. The summed E-state index contributed by atoms with van der Waals surface area (Å²) in [6.07, 6.45) is 39.6. The zero-order valence-corrected chi connectivity index (χ0v) is 29.6. The Morgan fingerprint density at radius 1 is 0.400 bits per heavy atom. The van der Waals surface area contributed by atoms with Crippen molar-refractivity contribution in [3.8, 4) is 0 Å². The van der Waals surface area contributed by atoms with Crippen LogP contribution >= 0.6 is 11.8 Å². The summed E-state index contributed by atoms with van der Waals surface area (Å²) in [4.78, 5) is 3.24. The van der Waals surface area contributed by atoms with Crippen LogP contribution in [0, 0.1) is 59.2 Å². The third kappa shape index (κ3) is 5.12. The lowest BCUT2D eigenvalue weighted by molar-refractivity contribution is -0.0753. The molecule has 0 bridgehead atoms. The molecule has 0 aromatic carbocycles. The number of ether oxygens (including phenoxy) is 1. The van der Waals surface area contributed by atoms with Gasteiger partial charge in [-0.1, -0.05) is 51.4 Å². The zero-order valence-electron chi connectivity index (χ0n) is 28.8. The number of hydrogen-bond acceptors (Lipinski definition) is 3. The van der Waals surface area contributed by atoms with Crippen LogP contribution in [0.2, 0.25) is 0 Å². The molecule has 0 aromatic rings. The van der Waals surface area contributed by atoms with E-state index in [-0.39, 0.29) is 0 Å². The van der Waals surface area contributed by atoms with Crippen molar-refractivity contribution in [2.75, 3.05) is 0 Å². The molecule has 3 heterocycles. The van der Waals surface area contributed by atoms with Gasteiger partial charge in [-0.2, -0.15) is 11.8 Å². The van der Waals surface area contributed by atoms with Crippen molar-refractivity contribution in [3.05, 3.63) is 0 Å². The Morgan fingerprint density at radius 3 is 1.96 bits per heavy atom. The highest BCUT2D eigenvalue weighted by molar-refractivity contribution is 8.00. The maximum Gasteiger partial charge on any atom is 0.0652 e. The van der Waals surface area contributed by atoms with Crippen molar-refractivity contribution in [1.29, 1.82) is 0 Å². The molecule has 10 aliphatic rings. The van der Waals surface area contributed by atoms with Gasteiger partial charge in [0.05, 0.1) is 12.2 Å². The fourth-order valence-corrected chi connectivity index (χ4v) is 17.9. The van der Waals surface area contributed by atoms with Crippen molar-refractivity contribution >= 4 is 11.8 Å². The van der Waals surface area contributed by atoms with E-state index in [1.165, 1.54) is 103 Å². The Kier molecular flexibility index (Phi) is 8.40. The molecule has 7 saturated carbocycles. The van der Waals surface area contributed by atoms with E-state index in [1.807, 2.05) is 0 Å². The predicted octanol–water partition coefficient (Wildman–Crippen LogP) is 10.7. The second-order valence-corrected chi connectivity index (χ2v) is 20.5. The predicted molar refractivity (Wildman–Crippen MR) is 187 cm³/mol. The summed E-state index contributed by atoms with van der Waals surface area (Å²) in [6.45, 7) is 0. The van der Waals surface area contributed by atoms with E-state index in [0.29, 0.717) is 12.2 Å². The van der Waals surface area contributed by atoms with Crippen LogP contribution in [-0.4, -0.2) is 45.7 Å². The highest BCUT2D eigenvalue weighted by atomic mass is 32.2. The van der Waals surface area contributed by atoms with Gasteiger partial charge in [0.15, 0.2) is 0 Å². The molecule has 252 valence electrons. The molecule has 0 aromatic heterocycles. The van der Waals surface area contributed by atoms with Crippen LogP contribution in [0.3, 0.4) is 0 Å². The number of likely N-dealkylation sites (tertiary alicyclic amines) is 1. The van der Waals surface area contributed by atoms with E-state index >= 15 is 0 Å². The minimum atomic E-state index is 0.643. The molecule has 0 radical (unpaired) electrons. The summed E-state index contributed by atoms with van der Waals surface area (Å²) >= 11 is 2.44. The van der Waals surface area contributed by atoms with Crippen molar-refractivity contribution in [3.63, 3.8) is 0 Å². The minimum Gasteiger partial charge on any atom is -0.374 e. The Bertz CT molecular complexity index is 1030. The van der Waals surface area contributed by atoms with E-state index in [4.69, 9.17) is 4.74 Å². The van der Waals surface area contributed by atoms with Crippen LogP contribution in [0.15, 0.2) is 0 Å². The molecule has 10 fully saturated rings. The van der Waals surface area contributed by atoms with Gasteiger partial charge < -0.3 is 4.74 Å². The van der Waals surface area contributed by atoms with Gasteiger partial charge in [0.1, 0.15) is 0 Å². The van der Waals surface area contributed by atoms with Gasteiger partial charge in [0, 0.05) is 34.5 Å². The summed E-state index contributed by atoms with van der Waals surface area (Å²) in [7, 11) is 0. The first kappa shape index (κ1) is 30.1. The fraction of sp³-hybridized carbons (Fsp3) is 1.00. The summed E-state index contributed by atoms with van der Waals surface area (Å²) in [5.74, 6) is 9.90. The third-order valence-electron chi connectivity index (χ3n) is 17.5.